The molecule has 3 N–H and O–H groups in total. The highest BCUT2D eigenvalue weighted by Gasteiger charge is 2.42. The predicted octanol–water partition coefficient (Wildman–Crippen LogP) is 2.78. The van der Waals surface area contributed by atoms with Crippen molar-refractivity contribution in [1.29, 1.82) is 0 Å². The Bertz CT molecular complexity index is 1370. The zero-order chi connectivity index (χ0) is 28.5. The molecule has 0 unspecified atom stereocenters. The number of aromatic nitrogens is 1. The van der Waals surface area contributed by atoms with Crippen LogP contribution in [0.15, 0.2) is 84.0 Å². The van der Waals surface area contributed by atoms with E-state index in [4.69, 9.17) is 4.74 Å². The number of piperidine rings is 1. The Hall–Kier alpha value is -4.00. The number of amides is 3. The fourth-order valence-electron chi connectivity index (χ4n) is 4.83. The predicted molar refractivity (Wildman–Crippen MR) is 147 cm³/mol. The first-order chi connectivity index (χ1) is 19.3. The van der Waals surface area contributed by atoms with Crippen molar-refractivity contribution in [2.45, 2.75) is 36.9 Å². The van der Waals surface area contributed by atoms with Crippen LogP contribution in [0.25, 0.3) is 0 Å². The van der Waals surface area contributed by atoms with E-state index >= 15 is 0 Å². The molecule has 0 saturated carbocycles. The van der Waals surface area contributed by atoms with Gasteiger partial charge in [0.05, 0.1) is 12.0 Å². The molecule has 2 aromatic carbocycles. The lowest BCUT2D eigenvalue weighted by Gasteiger charge is -2.39. The average molecular weight is 568 g/mol. The van der Waals surface area contributed by atoms with Crippen molar-refractivity contribution in [3.63, 3.8) is 0 Å². The van der Waals surface area contributed by atoms with E-state index in [1.54, 1.807) is 34.9 Å². The molecule has 0 radical (unpaired) electrons. The molecule has 0 spiro atoms. The van der Waals surface area contributed by atoms with Gasteiger partial charge in [0.2, 0.25) is 10.0 Å². The average Bonchev–Trinajstić information content (AvgIpc) is 3.00. The van der Waals surface area contributed by atoms with Crippen LogP contribution in [-0.2, 0) is 27.9 Å². The number of nitrogens with zero attached hydrogens (tertiary/aromatic N) is 3. The number of rotatable bonds is 10. The number of hydroxylamine groups is 1. The molecular formula is C28H33N5O6S. The van der Waals surface area contributed by atoms with Gasteiger partial charge < -0.3 is 15.0 Å². The molecule has 4 rings (SSSR count). The van der Waals surface area contributed by atoms with Gasteiger partial charge in [-0.15, -0.1) is 0 Å². The van der Waals surface area contributed by atoms with Crippen molar-refractivity contribution in [2.75, 3.05) is 20.2 Å². The van der Waals surface area contributed by atoms with Crippen LogP contribution in [0.1, 0.15) is 24.0 Å². The maximum absolute atomic E-state index is 14.0. The minimum Gasteiger partial charge on any atom is -0.497 e. The first-order valence-electron chi connectivity index (χ1n) is 12.9. The summed E-state index contributed by atoms with van der Waals surface area (Å²) in [5, 5.41) is 12.6. The summed E-state index contributed by atoms with van der Waals surface area (Å²) in [4.78, 5) is 31.5. The van der Waals surface area contributed by atoms with Gasteiger partial charge in [-0.3, -0.25) is 15.0 Å². The SMILES string of the molecule is COc1ccc(S(=O)(=O)N(Cc2ccncc2)[C@@H](C(=O)NO)C2CCN(C(=O)NCc3ccccc3)CC2)cc1. The quantitative estimate of drug-likeness (QED) is 0.253. The summed E-state index contributed by atoms with van der Waals surface area (Å²) in [5.74, 6) is -0.805. The van der Waals surface area contributed by atoms with Gasteiger partial charge in [0.15, 0.2) is 0 Å². The van der Waals surface area contributed by atoms with Gasteiger partial charge in [-0.2, -0.15) is 4.31 Å². The first-order valence-corrected chi connectivity index (χ1v) is 14.3. The molecule has 0 bridgehead atoms. The van der Waals surface area contributed by atoms with Gasteiger partial charge in [-0.05, 0) is 66.3 Å². The molecule has 11 nitrogen and oxygen atoms in total. The Morgan fingerprint density at radius 2 is 1.68 bits per heavy atom. The second-order valence-electron chi connectivity index (χ2n) is 9.47. The maximum atomic E-state index is 14.0. The van der Waals surface area contributed by atoms with E-state index in [0.717, 1.165) is 9.87 Å². The van der Waals surface area contributed by atoms with Gasteiger partial charge >= 0.3 is 6.03 Å². The molecule has 212 valence electrons. The van der Waals surface area contributed by atoms with Crippen LogP contribution in [0, 0.1) is 5.92 Å². The van der Waals surface area contributed by atoms with Gasteiger partial charge in [-0.25, -0.2) is 18.7 Å². The van der Waals surface area contributed by atoms with Crippen molar-refractivity contribution in [3.05, 3.63) is 90.3 Å². The van der Waals surface area contributed by atoms with Crippen LogP contribution in [-0.4, -0.2) is 66.0 Å². The molecule has 12 heteroatoms. The van der Waals surface area contributed by atoms with E-state index in [9.17, 15) is 23.2 Å². The van der Waals surface area contributed by atoms with Crippen molar-refractivity contribution in [1.82, 2.24) is 25.0 Å². The molecule has 1 aromatic heterocycles. The van der Waals surface area contributed by atoms with E-state index in [0.29, 0.717) is 43.8 Å². The number of hydrogen-bond donors (Lipinski definition) is 3. The van der Waals surface area contributed by atoms with E-state index in [1.165, 1.54) is 31.4 Å². The summed E-state index contributed by atoms with van der Waals surface area (Å²) in [6, 6.07) is 17.3. The Morgan fingerprint density at radius 1 is 1.02 bits per heavy atom. The lowest BCUT2D eigenvalue weighted by Crippen LogP contribution is -2.55. The normalized spacial score (nSPS) is 14.9. The monoisotopic (exact) mass is 567 g/mol. The van der Waals surface area contributed by atoms with Crippen molar-refractivity contribution in [2.24, 2.45) is 5.92 Å². The number of carbonyl (C=O) groups excluding carboxylic acids is 2. The Kier molecular flexibility index (Phi) is 9.70. The van der Waals surface area contributed by atoms with Crippen molar-refractivity contribution in [3.8, 4) is 5.75 Å². The number of methoxy groups -OCH3 is 1. The fourth-order valence-corrected chi connectivity index (χ4v) is 6.47. The lowest BCUT2D eigenvalue weighted by molar-refractivity contribution is -0.135. The molecule has 1 saturated heterocycles. The first kappa shape index (κ1) is 29.0. The lowest BCUT2D eigenvalue weighted by atomic mass is 9.88. The smallest absolute Gasteiger partial charge is 0.317 e. The number of pyridine rings is 1. The zero-order valence-electron chi connectivity index (χ0n) is 22.1. The number of sulfonamides is 1. The van der Waals surface area contributed by atoms with Crippen LogP contribution >= 0.6 is 0 Å². The van der Waals surface area contributed by atoms with E-state index in [2.05, 4.69) is 10.3 Å². The summed E-state index contributed by atoms with van der Waals surface area (Å²) >= 11 is 0. The number of hydrogen-bond acceptors (Lipinski definition) is 7. The van der Waals surface area contributed by atoms with E-state index < -0.39 is 27.9 Å². The number of carbonyl (C=O) groups is 2. The van der Waals surface area contributed by atoms with Crippen molar-refractivity contribution < 1.29 is 28.0 Å². The highest BCUT2D eigenvalue weighted by atomic mass is 32.2. The minimum absolute atomic E-state index is 0.0178. The van der Waals surface area contributed by atoms with Crippen LogP contribution in [0.2, 0.25) is 0 Å². The molecule has 1 aliphatic heterocycles. The zero-order valence-corrected chi connectivity index (χ0v) is 23.0. The largest absolute Gasteiger partial charge is 0.497 e. The van der Waals surface area contributed by atoms with Crippen LogP contribution in [0.5, 0.6) is 5.75 Å². The van der Waals surface area contributed by atoms with Gasteiger partial charge in [-0.1, -0.05) is 30.3 Å². The minimum atomic E-state index is -4.20. The third-order valence-corrected chi connectivity index (χ3v) is 8.84. The van der Waals surface area contributed by atoms with Crippen LogP contribution in [0.3, 0.4) is 0 Å². The second kappa shape index (κ2) is 13.4. The molecule has 3 amide bonds. The molecule has 2 heterocycles. The highest BCUT2D eigenvalue weighted by molar-refractivity contribution is 7.89. The van der Waals surface area contributed by atoms with Gasteiger partial charge in [0.25, 0.3) is 5.91 Å². The number of urea groups is 1. The van der Waals surface area contributed by atoms with E-state index in [-0.39, 0.29) is 17.5 Å². The summed E-state index contributed by atoms with van der Waals surface area (Å²) in [7, 11) is -2.72. The Balaban J connectivity index is 1.56. The molecule has 1 aliphatic rings. The maximum Gasteiger partial charge on any atom is 0.317 e. The topological polar surface area (TPSA) is 141 Å². The van der Waals surface area contributed by atoms with Crippen molar-refractivity contribution >= 4 is 22.0 Å². The Labute approximate surface area is 233 Å². The van der Waals surface area contributed by atoms with Gasteiger partial charge in [0, 0.05) is 38.6 Å². The highest BCUT2D eigenvalue weighted by Crippen LogP contribution is 2.31. The van der Waals surface area contributed by atoms with E-state index in [1.807, 2.05) is 30.3 Å². The summed E-state index contributed by atoms with van der Waals surface area (Å²) in [6.45, 7) is 0.917. The number of likely N-dealkylation sites (tertiary alicyclic amines) is 1. The summed E-state index contributed by atoms with van der Waals surface area (Å²) < 4.78 is 34.2. The standard InChI is InChI=1S/C28H33N5O6S/c1-39-24-7-9-25(10-8-24)40(37,38)33(20-22-11-15-29-16-12-22)26(27(34)31-36)23-13-17-32(18-14-23)28(35)30-19-21-5-3-2-4-6-21/h2-12,15-16,23,26,36H,13-14,17-20H2,1H3,(H,30,35)(H,31,34)/t26-/m1/s1. The summed E-state index contributed by atoms with van der Waals surface area (Å²) in [5.41, 5.74) is 3.27. The number of ether oxygens (including phenoxy) is 1. The molecule has 0 aliphatic carbocycles. The molecular weight excluding hydrogens is 534 g/mol. The summed E-state index contributed by atoms with van der Waals surface area (Å²) in [6.07, 6.45) is 3.81. The number of nitrogens with one attached hydrogen (secondary N) is 2. The molecule has 3 aromatic rings. The van der Waals surface area contributed by atoms with Crippen LogP contribution < -0.4 is 15.5 Å². The third-order valence-electron chi connectivity index (χ3n) is 7.00. The molecule has 40 heavy (non-hydrogen) atoms. The molecule has 1 fully saturated rings. The fraction of sp³-hybridized carbons (Fsp3) is 0.321. The Morgan fingerprint density at radius 3 is 2.27 bits per heavy atom. The van der Waals surface area contributed by atoms with Gasteiger partial charge in [0.1, 0.15) is 11.8 Å². The third kappa shape index (κ3) is 6.95. The molecule has 1 atom stereocenters. The van der Waals surface area contributed by atoms with Crippen LogP contribution in [0.4, 0.5) is 4.79 Å². The second-order valence-corrected chi connectivity index (χ2v) is 11.4. The number of benzene rings is 2.